The standard InChI is InChI=1S/C11H26O2Si/c1-8-9-14(12-6,13-7)11(4,5)10(2)3/h10H,8-9H2,1-7H3. The molecule has 0 aromatic rings. The first-order valence-electron chi connectivity index (χ1n) is 5.48. The predicted molar refractivity (Wildman–Crippen MR) is 63.7 cm³/mol. The summed E-state index contributed by atoms with van der Waals surface area (Å²) in [5, 5.41) is 0.159. The first-order valence-corrected chi connectivity index (χ1v) is 7.50. The molecule has 0 aliphatic carbocycles. The van der Waals surface area contributed by atoms with E-state index < -0.39 is 8.56 Å². The number of hydrogen-bond acceptors (Lipinski definition) is 2. The summed E-state index contributed by atoms with van der Waals surface area (Å²) in [6, 6.07) is 1.07. The van der Waals surface area contributed by atoms with Crippen LogP contribution in [0.2, 0.25) is 11.1 Å². The monoisotopic (exact) mass is 218 g/mol. The highest BCUT2D eigenvalue weighted by Crippen LogP contribution is 2.47. The summed E-state index contributed by atoms with van der Waals surface area (Å²) in [5.41, 5.74) is 0. The van der Waals surface area contributed by atoms with Crippen LogP contribution in [0.15, 0.2) is 0 Å². The van der Waals surface area contributed by atoms with E-state index in [9.17, 15) is 0 Å². The maximum Gasteiger partial charge on any atom is 0.343 e. The lowest BCUT2D eigenvalue weighted by Gasteiger charge is -2.44. The fraction of sp³-hybridized carbons (Fsp3) is 1.00. The van der Waals surface area contributed by atoms with Crippen molar-refractivity contribution in [3.63, 3.8) is 0 Å². The third-order valence-electron chi connectivity index (χ3n) is 3.66. The van der Waals surface area contributed by atoms with E-state index in [2.05, 4.69) is 34.6 Å². The molecule has 3 heteroatoms. The van der Waals surface area contributed by atoms with Gasteiger partial charge in [-0.1, -0.05) is 41.0 Å². The van der Waals surface area contributed by atoms with E-state index in [4.69, 9.17) is 8.85 Å². The van der Waals surface area contributed by atoms with Gasteiger partial charge in [0.1, 0.15) is 0 Å². The van der Waals surface area contributed by atoms with Crippen molar-refractivity contribution < 1.29 is 8.85 Å². The zero-order valence-corrected chi connectivity index (χ0v) is 11.8. The van der Waals surface area contributed by atoms with Gasteiger partial charge in [-0.3, -0.25) is 0 Å². The first-order chi connectivity index (χ1) is 6.38. The molecule has 0 unspecified atom stereocenters. The van der Waals surface area contributed by atoms with Gasteiger partial charge in [0.2, 0.25) is 0 Å². The average molecular weight is 218 g/mol. The molecular formula is C11H26O2Si. The molecule has 0 amide bonds. The summed E-state index contributed by atoms with van der Waals surface area (Å²) in [4.78, 5) is 0. The first kappa shape index (κ1) is 14.1. The van der Waals surface area contributed by atoms with Crippen molar-refractivity contribution in [3.8, 4) is 0 Å². The molecule has 0 spiro atoms. The van der Waals surface area contributed by atoms with Crippen molar-refractivity contribution in [2.75, 3.05) is 14.2 Å². The van der Waals surface area contributed by atoms with E-state index in [-0.39, 0.29) is 5.04 Å². The molecule has 0 bridgehead atoms. The fourth-order valence-electron chi connectivity index (χ4n) is 1.90. The summed E-state index contributed by atoms with van der Waals surface area (Å²) < 4.78 is 11.5. The van der Waals surface area contributed by atoms with Crippen molar-refractivity contribution in [1.82, 2.24) is 0 Å². The summed E-state index contributed by atoms with van der Waals surface area (Å²) in [7, 11) is 1.57. The molecule has 0 aliphatic heterocycles. The average Bonchev–Trinajstić information content (AvgIpc) is 2.13. The Morgan fingerprint density at radius 3 is 1.79 bits per heavy atom. The van der Waals surface area contributed by atoms with Crippen molar-refractivity contribution in [2.45, 2.75) is 52.1 Å². The molecule has 0 rings (SSSR count). The molecule has 0 atom stereocenters. The Morgan fingerprint density at radius 1 is 1.14 bits per heavy atom. The molecule has 0 N–H and O–H groups in total. The second kappa shape index (κ2) is 5.28. The maximum absolute atomic E-state index is 5.77. The summed E-state index contributed by atoms with van der Waals surface area (Å²) in [6.07, 6.45) is 1.13. The van der Waals surface area contributed by atoms with Crippen LogP contribution < -0.4 is 0 Å². The molecule has 0 heterocycles. The maximum atomic E-state index is 5.77. The lowest BCUT2D eigenvalue weighted by molar-refractivity contribution is 0.191. The largest absolute Gasteiger partial charge is 0.397 e. The zero-order chi connectivity index (χ0) is 11.4. The third kappa shape index (κ3) is 2.38. The Morgan fingerprint density at radius 2 is 1.57 bits per heavy atom. The lowest BCUT2D eigenvalue weighted by Crippen LogP contribution is -2.52. The third-order valence-corrected chi connectivity index (χ3v) is 8.68. The summed E-state index contributed by atoms with van der Waals surface area (Å²) in [6.45, 7) is 11.2. The smallest absolute Gasteiger partial charge is 0.343 e. The molecule has 86 valence electrons. The van der Waals surface area contributed by atoms with Gasteiger partial charge in [-0.05, 0) is 12.0 Å². The van der Waals surface area contributed by atoms with Crippen LogP contribution in [0.4, 0.5) is 0 Å². The Labute approximate surface area is 90.2 Å². The minimum absolute atomic E-state index is 0.159. The highest BCUT2D eigenvalue weighted by atomic mass is 28.4. The van der Waals surface area contributed by atoms with Crippen LogP contribution in [-0.4, -0.2) is 22.8 Å². The van der Waals surface area contributed by atoms with Gasteiger partial charge in [-0.15, -0.1) is 0 Å². The van der Waals surface area contributed by atoms with E-state index in [1.54, 1.807) is 14.2 Å². The van der Waals surface area contributed by atoms with Crippen LogP contribution >= 0.6 is 0 Å². The van der Waals surface area contributed by atoms with Gasteiger partial charge in [0.25, 0.3) is 0 Å². The molecule has 0 fully saturated rings. The molecule has 14 heavy (non-hydrogen) atoms. The molecular weight excluding hydrogens is 192 g/mol. The van der Waals surface area contributed by atoms with Crippen LogP contribution in [-0.2, 0) is 8.85 Å². The van der Waals surface area contributed by atoms with Gasteiger partial charge in [0.05, 0.1) is 0 Å². The Hall–Kier alpha value is 0.137. The second-order valence-electron chi connectivity index (χ2n) is 4.79. The molecule has 0 radical (unpaired) electrons. The van der Waals surface area contributed by atoms with Crippen LogP contribution in [0, 0.1) is 5.92 Å². The quantitative estimate of drug-likeness (QED) is 0.635. The van der Waals surface area contributed by atoms with Crippen molar-refractivity contribution in [2.24, 2.45) is 5.92 Å². The van der Waals surface area contributed by atoms with E-state index in [1.165, 1.54) is 0 Å². The van der Waals surface area contributed by atoms with Crippen molar-refractivity contribution in [3.05, 3.63) is 0 Å². The van der Waals surface area contributed by atoms with Crippen LogP contribution in [0.5, 0.6) is 0 Å². The van der Waals surface area contributed by atoms with Crippen LogP contribution in [0.25, 0.3) is 0 Å². The van der Waals surface area contributed by atoms with Crippen molar-refractivity contribution in [1.29, 1.82) is 0 Å². The summed E-state index contributed by atoms with van der Waals surface area (Å²) in [5.74, 6) is 0.584. The number of rotatable bonds is 6. The minimum atomic E-state index is -2.03. The second-order valence-corrected chi connectivity index (χ2v) is 8.90. The molecule has 0 aliphatic rings. The van der Waals surface area contributed by atoms with Crippen LogP contribution in [0.1, 0.15) is 41.0 Å². The zero-order valence-electron chi connectivity index (χ0n) is 10.8. The number of hydrogen-bond donors (Lipinski definition) is 0. The van der Waals surface area contributed by atoms with Gasteiger partial charge < -0.3 is 8.85 Å². The van der Waals surface area contributed by atoms with E-state index >= 15 is 0 Å². The van der Waals surface area contributed by atoms with E-state index in [0.717, 1.165) is 12.5 Å². The fourth-order valence-corrected chi connectivity index (χ4v) is 5.71. The predicted octanol–water partition coefficient (Wildman–Crippen LogP) is 3.57. The Kier molecular flexibility index (Phi) is 5.34. The molecule has 0 aromatic carbocycles. The SMILES string of the molecule is CCC[Si](OC)(OC)C(C)(C)C(C)C. The minimum Gasteiger partial charge on any atom is -0.397 e. The summed E-state index contributed by atoms with van der Waals surface area (Å²) >= 11 is 0. The van der Waals surface area contributed by atoms with E-state index in [1.807, 2.05) is 0 Å². The van der Waals surface area contributed by atoms with Gasteiger partial charge in [-0.2, -0.15) is 0 Å². The molecule has 2 nitrogen and oxygen atoms in total. The normalized spacial score (nSPS) is 13.7. The molecule has 0 saturated heterocycles. The molecule has 0 saturated carbocycles. The van der Waals surface area contributed by atoms with Gasteiger partial charge in [-0.25, -0.2) is 0 Å². The Bertz CT molecular complexity index is 163. The molecule has 0 aromatic heterocycles. The van der Waals surface area contributed by atoms with E-state index in [0.29, 0.717) is 5.92 Å². The Balaban J connectivity index is 4.95. The van der Waals surface area contributed by atoms with Gasteiger partial charge in [0.15, 0.2) is 0 Å². The van der Waals surface area contributed by atoms with Gasteiger partial charge in [0, 0.05) is 19.3 Å². The topological polar surface area (TPSA) is 18.5 Å². The van der Waals surface area contributed by atoms with Gasteiger partial charge >= 0.3 is 8.56 Å². The highest BCUT2D eigenvalue weighted by molar-refractivity contribution is 6.70. The van der Waals surface area contributed by atoms with Crippen molar-refractivity contribution >= 4 is 8.56 Å². The lowest BCUT2D eigenvalue weighted by atomic mass is 9.99. The van der Waals surface area contributed by atoms with Crippen LogP contribution in [0.3, 0.4) is 0 Å². The highest BCUT2D eigenvalue weighted by Gasteiger charge is 2.51.